The van der Waals surface area contributed by atoms with Crippen molar-refractivity contribution >= 4 is 34.9 Å². The van der Waals surface area contributed by atoms with Gasteiger partial charge in [-0.2, -0.15) is 0 Å². The summed E-state index contributed by atoms with van der Waals surface area (Å²) in [5, 5.41) is 13.8. The molecule has 0 unspecified atom stereocenters. The van der Waals surface area contributed by atoms with Gasteiger partial charge in [-0.1, -0.05) is 24.3 Å². The molecule has 4 aromatic rings. The quantitative estimate of drug-likeness (QED) is 0.272. The van der Waals surface area contributed by atoms with Gasteiger partial charge in [0.25, 0.3) is 5.91 Å². The fraction of sp³-hybridized carbons (Fsp3) is 0.107. The number of amides is 1. The van der Waals surface area contributed by atoms with Crippen LogP contribution in [0.1, 0.15) is 32.7 Å². The van der Waals surface area contributed by atoms with E-state index in [9.17, 15) is 4.79 Å². The fourth-order valence-electron chi connectivity index (χ4n) is 4.03. The molecular weight excluding hydrogens is 466 g/mol. The van der Waals surface area contributed by atoms with Gasteiger partial charge in [-0.25, -0.2) is 9.97 Å². The Morgan fingerprint density at radius 1 is 1.08 bits per heavy atom. The molecule has 5 rings (SSSR count). The highest BCUT2D eigenvalue weighted by Gasteiger charge is 2.21. The number of carbonyl (C=O) groups excluding carboxylic acids is 1. The van der Waals surface area contributed by atoms with Gasteiger partial charge in [-0.3, -0.25) is 9.78 Å². The van der Waals surface area contributed by atoms with Crippen molar-refractivity contribution in [2.45, 2.75) is 20.1 Å². The van der Waals surface area contributed by atoms with E-state index < -0.39 is 0 Å². The summed E-state index contributed by atoms with van der Waals surface area (Å²) >= 11 is 0. The highest BCUT2D eigenvalue weighted by Crippen LogP contribution is 2.31. The lowest BCUT2D eigenvalue weighted by atomic mass is 10.1. The average molecular weight is 492 g/mol. The molecule has 1 aliphatic heterocycles. The third-order valence-electron chi connectivity index (χ3n) is 6.06. The van der Waals surface area contributed by atoms with Gasteiger partial charge in [0.05, 0.1) is 24.5 Å². The van der Waals surface area contributed by atoms with Gasteiger partial charge in [-0.05, 0) is 48.4 Å². The van der Waals surface area contributed by atoms with Crippen LogP contribution in [0, 0.1) is 12.3 Å². The summed E-state index contributed by atoms with van der Waals surface area (Å²) in [7, 11) is 0. The van der Waals surface area contributed by atoms with Crippen molar-refractivity contribution in [3.63, 3.8) is 0 Å². The van der Waals surface area contributed by atoms with Crippen LogP contribution in [-0.2, 0) is 18.0 Å². The van der Waals surface area contributed by atoms with Crippen LogP contribution in [0.15, 0.2) is 73.2 Å². The second-order valence-electron chi connectivity index (χ2n) is 8.51. The van der Waals surface area contributed by atoms with Gasteiger partial charge in [-0.15, -0.1) is 0 Å². The maximum absolute atomic E-state index is 12.8. The van der Waals surface area contributed by atoms with Crippen LogP contribution in [0.3, 0.4) is 0 Å². The first kappa shape index (κ1) is 23.8. The summed E-state index contributed by atoms with van der Waals surface area (Å²) in [5.41, 5.74) is 12.4. The van der Waals surface area contributed by atoms with Gasteiger partial charge < -0.3 is 26.5 Å². The summed E-state index contributed by atoms with van der Waals surface area (Å²) in [6.07, 6.45) is 5.84. The van der Waals surface area contributed by atoms with Crippen LogP contribution in [0.2, 0.25) is 0 Å². The van der Waals surface area contributed by atoms with E-state index in [-0.39, 0.29) is 5.91 Å². The lowest BCUT2D eigenvalue weighted by Gasteiger charge is -2.13. The Balaban J connectivity index is 1.42. The van der Waals surface area contributed by atoms with E-state index in [2.05, 4.69) is 15.6 Å². The van der Waals surface area contributed by atoms with E-state index in [0.717, 1.165) is 33.6 Å². The Morgan fingerprint density at radius 2 is 1.92 bits per heavy atom. The minimum absolute atomic E-state index is 0.229. The molecule has 9 heteroatoms. The Morgan fingerprint density at radius 3 is 2.68 bits per heavy atom. The Kier molecular flexibility index (Phi) is 6.69. The summed E-state index contributed by atoms with van der Waals surface area (Å²) in [6, 6.07) is 16.8. The maximum Gasteiger partial charge on any atom is 0.257 e. The zero-order valence-electron chi connectivity index (χ0n) is 20.2. The van der Waals surface area contributed by atoms with Crippen LogP contribution in [0.4, 0.5) is 17.2 Å². The normalized spacial score (nSPS) is 12.6. The number of fused-ring (bicyclic) bond motifs is 1. The lowest BCUT2D eigenvalue weighted by Crippen LogP contribution is -2.13. The number of carbonyl (C=O) groups is 1. The van der Waals surface area contributed by atoms with Gasteiger partial charge in [0, 0.05) is 52.9 Å². The molecule has 2 aromatic carbocycles. The molecule has 0 aliphatic carbocycles. The molecule has 0 atom stereocenters. The van der Waals surface area contributed by atoms with Crippen LogP contribution in [0.5, 0.6) is 0 Å². The first-order valence-corrected chi connectivity index (χ1v) is 11.7. The minimum atomic E-state index is -0.229. The number of anilines is 3. The molecule has 0 radical (unpaired) electrons. The number of nitrogens with zero attached hydrogens (tertiary/aromatic N) is 3. The number of aryl methyl sites for hydroxylation is 1. The third-order valence-corrected chi connectivity index (χ3v) is 6.06. The van der Waals surface area contributed by atoms with Crippen molar-refractivity contribution in [3.8, 4) is 11.4 Å². The largest absolute Gasteiger partial charge is 0.404 e. The molecule has 184 valence electrons. The van der Waals surface area contributed by atoms with E-state index in [4.69, 9.17) is 25.8 Å². The van der Waals surface area contributed by atoms with Crippen molar-refractivity contribution in [2.24, 2.45) is 5.73 Å². The number of hydrogen-bond acceptors (Lipinski definition) is 8. The molecule has 0 bridgehead atoms. The SMILES string of the molecule is Cc1ccncc1C(=O)Nc1cccc(-c2nc3c(c(Nc4ccc(/C(C=N)=C/N)cc4)n2)COC3)c1. The number of hydrogen-bond donors (Lipinski definition) is 4. The molecule has 9 nitrogen and oxygen atoms in total. The van der Waals surface area contributed by atoms with Crippen molar-refractivity contribution in [1.82, 2.24) is 15.0 Å². The number of ether oxygens (including phenoxy) is 1. The predicted molar refractivity (Wildman–Crippen MR) is 144 cm³/mol. The maximum atomic E-state index is 12.8. The van der Waals surface area contributed by atoms with E-state index in [0.29, 0.717) is 41.7 Å². The van der Waals surface area contributed by atoms with Gasteiger partial charge in [0.2, 0.25) is 0 Å². The Labute approximate surface area is 214 Å². The van der Waals surface area contributed by atoms with Crippen LogP contribution in [-0.4, -0.2) is 27.1 Å². The molecule has 1 aliphatic rings. The highest BCUT2D eigenvalue weighted by atomic mass is 16.5. The Bertz CT molecular complexity index is 1510. The molecule has 3 heterocycles. The number of nitrogens with one attached hydrogen (secondary N) is 3. The molecular formula is C28H25N7O2. The third kappa shape index (κ3) is 5.07. The summed E-state index contributed by atoms with van der Waals surface area (Å²) in [6.45, 7) is 2.70. The van der Waals surface area contributed by atoms with Gasteiger partial charge in [0.15, 0.2) is 5.82 Å². The zero-order valence-corrected chi connectivity index (χ0v) is 20.2. The molecule has 1 amide bonds. The number of rotatable bonds is 7. The van der Waals surface area contributed by atoms with Crippen molar-refractivity contribution in [1.29, 1.82) is 5.41 Å². The van der Waals surface area contributed by atoms with Crippen LogP contribution in [0.25, 0.3) is 17.0 Å². The molecule has 2 aromatic heterocycles. The smallest absolute Gasteiger partial charge is 0.257 e. The van der Waals surface area contributed by atoms with Gasteiger partial charge >= 0.3 is 0 Å². The van der Waals surface area contributed by atoms with Crippen molar-refractivity contribution < 1.29 is 9.53 Å². The summed E-state index contributed by atoms with van der Waals surface area (Å²) in [5.74, 6) is 0.953. The molecule has 5 N–H and O–H groups in total. The number of pyridine rings is 1. The van der Waals surface area contributed by atoms with Crippen molar-refractivity contribution in [3.05, 3.63) is 101 Å². The monoisotopic (exact) mass is 491 g/mol. The number of allylic oxidation sites excluding steroid dienone is 1. The van der Waals surface area contributed by atoms with E-state index >= 15 is 0 Å². The molecule has 0 spiro atoms. The molecule has 37 heavy (non-hydrogen) atoms. The number of aromatic nitrogens is 3. The second-order valence-corrected chi connectivity index (χ2v) is 8.51. The summed E-state index contributed by atoms with van der Waals surface area (Å²) < 4.78 is 5.65. The zero-order chi connectivity index (χ0) is 25.8. The minimum Gasteiger partial charge on any atom is -0.404 e. The topological polar surface area (TPSA) is 139 Å². The standard InChI is InChI=1S/C28H25N7O2/c1-17-9-10-31-14-23(17)28(36)33-22-4-2-3-19(11-22)26-34-25-16-37-15-24(25)27(35-26)32-21-7-5-18(6-8-21)20(12-29)13-30/h2-14,29H,15-16,30H2,1H3,(H,33,36)(H,32,34,35)/b20-13+,29-12?. The van der Waals surface area contributed by atoms with E-state index in [1.54, 1.807) is 18.5 Å². The first-order valence-electron chi connectivity index (χ1n) is 11.7. The van der Waals surface area contributed by atoms with E-state index in [1.807, 2.05) is 55.5 Å². The van der Waals surface area contributed by atoms with Crippen LogP contribution < -0.4 is 16.4 Å². The summed E-state index contributed by atoms with van der Waals surface area (Å²) in [4.78, 5) is 26.4. The fourth-order valence-corrected chi connectivity index (χ4v) is 4.03. The lowest BCUT2D eigenvalue weighted by molar-refractivity contribution is 0.102. The molecule has 0 saturated heterocycles. The van der Waals surface area contributed by atoms with Crippen LogP contribution >= 0.6 is 0 Å². The molecule has 0 saturated carbocycles. The predicted octanol–water partition coefficient (Wildman–Crippen LogP) is 4.82. The average Bonchev–Trinajstić information content (AvgIpc) is 3.40. The molecule has 0 fully saturated rings. The Hall–Kier alpha value is -4.89. The first-order chi connectivity index (χ1) is 18.1. The van der Waals surface area contributed by atoms with Crippen molar-refractivity contribution in [2.75, 3.05) is 10.6 Å². The second kappa shape index (κ2) is 10.4. The van der Waals surface area contributed by atoms with Gasteiger partial charge in [0.1, 0.15) is 5.82 Å². The number of nitrogens with two attached hydrogens (primary N) is 1. The van der Waals surface area contributed by atoms with E-state index in [1.165, 1.54) is 12.4 Å². The number of benzene rings is 2. The highest BCUT2D eigenvalue weighted by molar-refractivity contribution is 6.08.